The molecule has 0 bridgehead atoms. The summed E-state index contributed by atoms with van der Waals surface area (Å²) in [6.45, 7) is 6.20. The first-order valence-corrected chi connectivity index (χ1v) is 8.65. The molecule has 1 amide bonds. The van der Waals surface area contributed by atoms with Crippen LogP contribution in [0.4, 0.5) is 4.39 Å². The van der Waals surface area contributed by atoms with E-state index >= 15 is 0 Å². The molecular formula is C20H23FN2O4. The van der Waals surface area contributed by atoms with Crippen LogP contribution in [0.1, 0.15) is 26.3 Å². The first kappa shape index (κ1) is 20.2. The number of halogens is 1. The monoisotopic (exact) mass is 374 g/mol. The molecule has 0 spiro atoms. The van der Waals surface area contributed by atoms with Gasteiger partial charge in [0.1, 0.15) is 11.5 Å². The van der Waals surface area contributed by atoms with E-state index in [4.69, 9.17) is 14.2 Å². The van der Waals surface area contributed by atoms with Gasteiger partial charge in [-0.05, 0) is 51.1 Å². The third-order valence-electron chi connectivity index (χ3n) is 3.50. The van der Waals surface area contributed by atoms with Gasteiger partial charge < -0.3 is 14.2 Å². The lowest BCUT2D eigenvalue weighted by atomic mass is 10.1. The number of ether oxygens (including phenoxy) is 3. The van der Waals surface area contributed by atoms with Gasteiger partial charge in [-0.25, -0.2) is 9.82 Å². The summed E-state index contributed by atoms with van der Waals surface area (Å²) < 4.78 is 29.7. The van der Waals surface area contributed by atoms with E-state index in [2.05, 4.69) is 10.5 Å². The zero-order chi connectivity index (χ0) is 19.6. The van der Waals surface area contributed by atoms with Gasteiger partial charge in [0.05, 0.1) is 18.9 Å². The molecule has 0 fully saturated rings. The van der Waals surface area contributed by atoms with Gasteiger partial charge in [0.15, 0.2) is 18.2 Å². The highest BCUT2D eigenvalue weighted by Crippen LogP contribution is 2.25. The van der Waals surface area contributed by atoms with E-state index in [0.29, 0.717) is 36.0 Å². The van der Waals surface area contributed by atoms with Crippen molar-refractivity contribution in [2.24, 2.45) is 5.10 Å². The first-order valence-electron chi connectivity index (χ1n) is 8.65. The quantitative estimate of drug-likeness (QED) is 0.538. The lowest BCUT2D eigenvalue weighted by molar-refractivity contribution is -0.123. The van der Waals surface area contributed by atoms with Crippen LogP contribution in [0.5, 0.6) is 17.2 Å². The molecule has 0 heterocycles. The number of hydrazone groups is 1. The summed E-state index contributed by atoms with van der Waals surface area (Å²) in [6.07, 6.45) is 0. The summed E-state index contributed by atoms with van der Waals surface area (Å²) in [7, 11) is 0. The Balaban J connectivity index is 2.04. The largest absolute Gasteiger partial charge is 0.494 e. The second kappa shape index (κ2) is 10.2. The molecule has 6 nitrogen and oxygen atoms in total. The van der Waals surface area contributed by atoms with Crippen LogP contribution in [0.3, 0.4) is 0 Å². The van der Waals surface area contributed by atoms with E-state index in [1.807, 2.05) is 19.9 Å². The maximum atomic E-state index is 13.5. The molecule has 0 saturated carbocycles. The number of amides is 1. The maximum absolute atomic E-state index is 13.5. The Labute approximate surface area is 157 Å². The van der Waals surface area contributed by atoms with Gasteiger partial charge in [-0.3, -0.25) is 4.79 Å². The average Bonchev–Trinajstić information content (AvgIpc) is 2.67. The van der Waals surface area contributed by atoms with Crippen molar-refractivity contribution in [2.45, 2.75) is 20.8 Å². The third-order valence-corrected chi connectivity index (χ3v) is 3.50. The summed E-state index contributed by atoms with van der Waals surface area (Å²) in [5.41, 5.74) is 3.64. The zero-order valence-electron chi connectivity index (χ0n) is 15.6. The molecule has 2 aromatic carbocycles. The highest BCUT2D eigenvalue weighted by atomic mass is 19.1. The number of carbonyl (C=O) groups is 1. The molecule has 0 saturated heterocycles. The van der Waals surface area contributed by atoms with E-state index < -0.39 is 11.7 Å². The molecular weight excluding hydrogens is 351 g/mol. The molecule has 2 aromatic rings. The van der Waals surface area contributed by atoms with Crippen molar-refractivity contribution in [2.75, 3.05) is 19.8 Å². The minimum absolute atomic E-state index is 0.0106. The molecule has 0 aromatic heterocycles. The molecule has 0 radical (unpaired) electrons. The lowest BCUT2D eigenvalue weighted by Gasteiger charge is -2.12. The molecule has 0 aliphatic rings. The van der Waals surface area contributed by atoms with Gasteiger partial charge in [0, 0.05) is 5.56 Å². The van der Waals surface area contributed by atoms with Gasteiger partial charge in [-0.2, -0.15) is 5.10 Å². The Morgan fingerprint density at radius 1 is 1.04 bits per heavy atom. The van der Waals surface area contributed by atoms with Crippen molar-refractivity contribution < 1.29 is 23.4 Å². The average molecular weight is 374 g/mol. The van der Waals surface area contributed by atoms with Gasteiger partial charge in [0.2, 0.25) is 0 Å². The van der Waals surface area contributed by atoms with Crippen LogP contribution >= 0.6 is 0 Å². The minimum Gasteiger partial charge on any atom is -0.494 e. The predicted octanol–water partition coefficient (Wildman–Crippen LogP) is 3.54. The molecule has 0 aliphatic carbocycles. The third kappa shape index (κ3) is 5.99. The van der Waals surface area contributed by atoms with Gasteiger partial charge in [0.25, 0.3) is 5.91 Å². The van der Waals surface area contributed by atoms with E-state index in [0.717, 1.165) is 0 Å². The van der Waals surface area contributed by atoms with Crippen LogP contribution in [0.25, 0.3) is 0 Å². The van der Waals surface area contributed by atoms with Crippen LogP contribution in [0.2, 0.25) is 0 Å². The van der Waals surface area contributed by atoms with Gasteiger partial charge in [-0.1, -0.05) is 12.1 Å². The second-order valence-corrected chi connectivity index (χ2v) is 5.48. The number of para-hydroxylation sites is 1. The standard InChI is InChI=1S/C20H23FN2O4/c1-4-25-15-10-11-18(26-5-2)16(12-15)14(3)22-23-20(24)13-27-19-9-7-6-8-17(19)21/h6-12H,4-5,13H2,1-3H3,(H,23,24)/b22-14-. The second-order valence-electron chi connectivity index (χ2n) is 5.48. The van der Waals surface area contributed by atoms with E-state index in [1.54, 1.807) is 31.2 Å². The topological polar surface area (TPSA) is 69.2 Å². The highest BCUT2D eigenvalue weighted by Gasteiger charge is 2.11. The van der Waals surface area contributed by atoms with Crippen molar-refractivity contribution in [1.82, 2.24) is 5.43 Å². The van der Waals surface area contributed by atoms with Gasteiger partial charge in [-0.15, -0.1) is 0 Å². The van der Waals surface area contributed by atoms with Crippen LogP contribution in [0, 0.1) is 5.82 Å². The number of carbonyl (C=O) groups excluding carboxylic acids is 1. The summed E-state index contributed by atoms with van der Waals surface area (Å²) in [5, 5.41) is 4.08. The fraction of sp³-hybridized carbons (Fsp3) is 0.300. The van der Waals surface area contributed by atoms with E-state index in [-0.39, 0.29) is 12.4 Å². The highest BCUT2D eigenvalue weighted by molar-refractivity contribution is 6.02. The number of benzene rings is 2. The predicted molar refractivity (Wildman–Crippen MR) is 101 cm³/mol. The molecule has 2 rings (SSSR count). The van der Waals surface area contributed by atoms with Crippen LogP contribution in [-0.4, -0.2) is 31.4 Å². The molecule has 7 heteroatoms. The van der Waals surface area contributed by atoms with Crippen LogP contribution < -0.4 is 19.6 Å². The van der Waals surface area contributed by atoms with E-state index in [9.17, 15) is 9.18 Å². The number of rotatable bonds is 9. The van der Waals surface area contributed by atoms with Crippen molar-refractivity contribution >= 4 is 11.6 Å². The number of nitrogens with zero attached hydrogens (tertiary/aromatic N) is 1. The Kier molecular flexibility index (Phi) is 7.61. The Bertz CT molecular complexity index is 808. The SMILES string of the molecule is CCOc1ccc(OCC)c(/C(C)=N\NC(=O)COc2ccccc2F)c1. The van der Waals surface area contributed by atoms with Crippen molar-refractivity contribution in [1.29, 1.82) is 0 Å². The van der Waals surface area contributed by atoms with Crippen LogP contribution in [-0.2, 0) is 4.79 Å². The fourth-order valence-corrected chi connectivity index (χ4v) is 2.27. The van der Waals surface area contributed by atoms with E-state index in [1.165, 1.54) is 12.1 Å². The molecule has 144 valence electrons. The summed E-state index contributed by atoms with van der Waals surface area (Å²) in [6, 6.07) is 11.3. The van der Waals surface area contributed by atoms with Crippen molar-refractivity contribution in [3.05, 3.63) is 53.8 Å². The van der Waals surface area contributed by atoms with Gasteiger partial charge >= 0.3 is 0 Å². The number of hydrogen-bond donors (Lipinski definition) is 1. The zero-order valence-corrected chi connectivity index (χ0v) is 15.6. The summed E-state index contributed by atoms with van der Waals surface area (Å²) >= 11 is 0. The Morgan fingerprint density at radius 2 is 1.78 bits per heavy atom. The Morgan fingerprint density at radius 3 is 2.48 bits per heavy atom. The number of hydrogen-bond acceptors (Lipinski definition) is 5. The first-order chi connectivity index (χ1) is 13.0. The summed E-state index contributed by atoms with van der Waals surface area (Å²) in [4.78, 5) is 11.9. The van der Waals surface area contributed by atoms with Crippen molar-refractivity contribution in [3.8, 4) is 17.2 Å². The normalized spacial score (nSPS) is 11.0. The van der Waals surface area contributed by atoms with Crippen LogP contribution in [0.15, 0.2) is 47.6 Å². The smallest absolute Gasteiger partial charge is 0.277 e. The molecule has 0 unspecified atom stereocenters. The molecule has 0 atom stereocenters. The number of nitrogens with one attached hydrogen (secondary N) is 1. The maximum Gasteiger partial charge on any atom is 0.277 e. The lowest BCUT2D eigenvalue weighted by Crippen LogP contribution is -2.26. The Hall–Kier alpha value is -3.09. The van der Waals surface area contributed by atoms with Crippen molar-refractivity contribution in [3.63, 3.8) is 0 Å². The molecule has 1 N–H and O–H groups in total. The fourth-order valence-electron chi connectivity index (χ4n) is 2.27. The summed E-state index contributed by atoms with van der Waals surface area (Å²) in [5.74, 6) is 0.297. The molecule has 0 aliphatic heterocycles. The minimum atomic E-state index is -0.529. The molecule has 27 heavy (non-hydrogen) atoms.